The molecule has 2 aliphatic carbocycles. The van der Waals surface area contributed by atoms with E-state index in [-0.39, 0.29) is 36.1 Å². The first-order chi connectivity index (χ1) is 17.4. The van der Waals surface area contributed by atoms with Gasteiger partial charge < -0.3 is 15.2 Å². The van der Waals surface area contributed by atoms with Crippen LogP contribution in [0.3, 0.4) is 0 Å². The van der Waals surface area contributed by atoms with Crippen molar-refractivity contribution in [2.45, 2.75) is 117 Å². The number of rotatable bonds is 10. The summed E-state index contributed by atoms with van der Waals surface area (Å²) in [7, 11) is 0. The van der Waals surface area contributed by atoms with Crippen LogP contribution >= 0.6 is 0 Å². The van der Waals surface area contributed by atoms with E-state index in [0.717, 1.165) is 59.9 Å². The molecule has 6 nitrogen and oxygen atoms in total. The van der Waals surface area contributed by atoms with Crippen LogP contribution < -0.4 is 10.6 Å². The minimum Gasteiger partial charge on any atom is -0.361 e. The van der Waals surface area contributed by atoms with Crippen molar-refractivity contribution in [2.24, 2.45) is 11.8 Å². The van der Waals surface area contributed by atoms with Gasteiger partial charge in [-0.15, -0.1) is 0 Å². The number of nitrogens with zero attached hydrogens (tertiary/aromatic N) is 1. The lowest BCUT2D eigenvalue weighted by atomic mass is 9.69. The van der Waals surface area contributed by atoms with Gasteiger partial charge in [-0.05, 0) is 96.1 Å². The third kappa shape index (κ3) is 7.24. The molecule has 1 heterocycles. The molecule has 1 atom stereocenters. The first-order valence-corrected chi connectivity index (χ1v) is 14.1. The van der Waals surface area contributed by atoms with E-state index in [1.807, 2.05) is 46.8 Å². The van der Waals surface area contributed by atoms with Gasteiger partial charge in [0.2, 0.25) is 11.8 Å². The SMILES string of the molecule is Cc1ccc(NC(=O)C[C@H](CC(=O)NC(C)(C)C)c2noc([C@H]3C[C@@H](CC(C)C)C3)c2C2CC2)c(C)c1. The Balaban J connectivity index is 1.56. The minimum absolute atomic E-state index is 0.0660. The molecule has 2 amide bonds. The van der Waals surface area contributed by atoms with Gasteiger partial charge in [0.05, 0.1) is 5.69 Å². The molecule has 0 saturated heterocycles. The van der Waals surface area contributed by atoms with Gasteiger partial charge in [-0.1, -0.05) is 36.7 Å². The third-order valence-corrected chi connectivity index (χ3v) is 7.60. The number of amides is 2. The summed E-state index contributed by atoms with van der Waals surface area (Å²) in [6.45, 7) is 14.5. The van der Waals surface area contributed by atoms with Crippen molar-refractivity contribution in [3.05, 3.63) is 46.3 Å². The Morgan fingerprint density at radius 2 is 1.73 bits per heavy atom. The fourth-order valence-corrected chi connectivity index (χ4v) is 5.84. The van der Waals surface area contributed by atoms with Gasteiger partial charge in [0.15, 0.2) is 0 Å². The maximum atomic E-state index is 13.2. The van der Waals surface area contributed by atoms with Gasteiger partial charge in [-0.25, -0.2) is 0 Å². The van der Waals surface area contributed by atoms with E-state index in [0.29, 0.717) is 17.8 Å². The molecule has 202 valence electrons. The van der Waals surface area contributed by atoms with Gasteiger partial charge in [0, 0.05) is 41.5 Å². The minimum atomic E-state index is -0.339. The molecule has 1 aromatic carbocycles. The molecule has 0 aliphatic heterocycles. The molecule has 2 aromatic rings. The number of carbonyl (C=O) groups is 2. The molecule has 0 radical (unpaired) electrons. The van der Waals surface area contributed by atoms with E-state index in [9.17, 15) is 9.59 Å². The van der Waals surface area contributed by atoms with Crippen LogP contribution in [-0.2, 0) is 9.59 Å². The number of carbonyl (C=O) groups excluding carboxylic acids is 2. The summed E-state index contributed by atoms with van der Waals surface area (Å²) < 4.78 is 6.04. The topological polar surface area (TPSA) is 84.2 Å². The summed E-state index contributed by atoms with van der Waals surface area (Å²) in [6, 6.07) is 6.00. The lowest BCUT2D eigenvalue weighted by molar-refractivity contribution is -0.123. The van der Waals surface area contributed by atoms with E-state index in [2.05, 4.69) is 35.7 Å². The molecule has 2 aliphatic rings. The molecule has 2 N–H and O–H groups in total. The highest BCUT2D eigenvalue weighted by Gasteiger charge is 2.42. The molecular formula is C31H45N3O3. The molecular weight excluding hydrogens is 462 g/mol. The fraction of sp³-hybridized carbons (Fsp3) is 0.645. The number of hydrogen-bond acceptors (Lipinski definition) is 4. The highest BCUT2D eigenvalue weighted by Crippen LogP contribution is 2.52. The third-order valence-electron chi connectivity index (χ3n) is 7.60. The number of aromatic nitrogens is 1. The molecule has 37 heavy (non-hydrogen) atoms. The average molecular weight is 508 g/mol. The number of nitrogens with one attached hydrogen (secondary N) is 2. The molecule has 6 heteroatoms. The molecule has 0 unspecified atom stereocenters. The van der Waals surface area contributed by atoms with Crippen molar-refractivity contribution >= 4 is 17.5 Å². The largest absolute Gasteiger partial charge is 0.361 e. The Morgan fingerprint density at radius 1 is 1.05 bits per heavy atom. The maximum absolute atomic E-state index is 13.2. The van der Waals surface area contributed by atoms with E-state index in [4.69, 9.17) is 4.52 Å². The predicted octanol–water partition coefficient (Wildman–Crippen LogP) is 7.13. The average Bonchev–Trinajstić information content (AvgIpc) is 3.49. The normalized spacial score (nSPS) is 20.4. The summed E-state index contributed by atoms with van der Waals surface area (Å²) >= 11 is 0. The Hall–Kier alpha value is -2.63. The summed E-state index contributed by atoms with van der Waals surface area (Å²) in [5.41, 5.74) is 4.67. The van der Waals surface area contributed by atoms with Crippen LogP contribution in [0, 0.1) is 25.7 Å². The standard InChI is InChI=1S/C31H45N3O3/c1-18(2)12-21-14-24(15-21)30-28(22-9-10-22)29(34-37-30)23(17-27(36)33-31(5,6)7)16-26(35)32-25-11-8-19(3)13-20(25)4/h8,11,13,18,21-24H,9-10,12,14-17H2,1-7H3,(H,32,35)(H,33,36)/t21-,23-,24+/m1/s1. The summed E-state index contributed by atoms with van der Waals surface area (Å²) in [6.07, 6.45) is 6.20. The molecule has 0 bridgehead atoms. The highest BCUT2D eigenvalue weighted by atomic mass is 16.5. The number of anilines is 1. The zero-order valence-electron chi connectivity index (χ0n) is 23.7. The predicted molar refractivity (Wildman–Crippen MR) is 148 cm³/mol. The number of hydrogen-bond donors (Lipinski definition) is 2. The first-order valence-electron chi connectivity index (χ1n) is 14.1. The maximum Gasteiger partial charge on any atom is 0.225 e. The molecule has 4 rings (SSSR count). The van der Waals surface area contributed by atoms with E-state index < -0.39 is 0 Å². The second-order valence-corrected chi connectivity index (χ2v) is 13.1. The summed E-state index contributed by atoms with van der Waals surface area (Å²) in [4.78, 5) is 26.3. The van der Waals surface area contributed by atoms with Crippen LogP contribution in [0.25, 0.3) is 0 Å². The van der Waals surface area contributed by atoms with Crippen LogP contribution in [0.1, 0.15) is 125 Å². The number of aryl methyl sites for hydroxylation is 2. The molecule has 2 fully saturated rings. The fourth-order valence-electron chi connectivity index (χ4n) is 5.84. The smallest absolute Gasteiger partial charge is 0.225 e. The Kier molecular flexibility index (Phi) is 8.15. The van der Waals surface area contributed by atoms with Gasteiger partial charge in [0.1, 0.15) is 5.76 Å². The van der Waals surface area contributed by atoms with Crippen LogP contribution in [0.5, 0.6) is 0 Å². The lowest BCUT2D eigenvalue weighted by Gasteiger charge is -2.35. The molecule has 1 aromatic heterocycles. The van der Waals surface area contributed by atoms with E-state index in [1.54, 1.807) is 0 Å². The van der Waals surface area contributed by atoms with Crippen LogP contribution in [0.15, 0.2) is 22.7 Å². The molecule has 0 spiro atoms. The van der Waals surface area contributed by atoms with Crippen molar-refractivity contribution in [3.8, 4) is 0 Å². The van der Waals surface area contributed by atoms with Crippen molar-refractivity contribution in [3.63, 3.8) is 0 Å². The lowest BCUT2D eigenvalue weighted by Crippen LogP contribution is -2.41. The van der Waals surface area contributed by atoms with Crippen molar-refractivity contribution in [2.75, 3.05) is 5.32 Å². The van der Waals surface area contributed by atoms with Gasteiger partial charge in [0.25, 0.3) is 0 Å². The highest BCUT2D eigenvalue weighted by molar-refractivity contribution is 5.92. The Labute approximate surface area is 222 Å². The second-order valence-electron chi connectivity index (χ2n) is 13.1. The van der Waals surface area contributed by atoms with Crippen LogP contribution in [-0.4, -0.2) is 22.5 Å². The van der Waals surface area contributed by atoms with Crippen molar-refractivity contribution in [1.82, 2.24) is 10.5 Å². The number of benzene rings is 1. The zero-order chi connectivity index (χ0) is 26.9. The zero-order valence-corrected chi connectivity index (χ0v) is 23.7. The van der Waals surface area contributed by atoms with Gasteiger partial charge in [-0.2, -0.15) is 0 Å². The van der Waals surface area contributed by atoms with E-state index >= 15 is 0 Å². The quantitative estimate of drug-likeness (QED) is 0.358. The van der Waals surface area contributed by atoms with Gasteiger partial charge in [-0.3, -0.25) is 9.59 Å². The monoisotopic (exact) mass is 507 g/mol. The Morgan fingerprint density at radius 3 is 2.32 bits per heavy atom. The summed E-state index contributed by atoms with van der Waals surface area (Å²) in [5, 5.41) is 10.7. The molecule has 2 saturated carbocycles. The summed E-state index contributed by atoms with van der Waals surface area (Å²) in [5.74, 6) is 2.84. The second kappa shape index (κ2) is 11.0. The van der Waals surface area contributed by atoms with E-state index in [1.165, 1.54) is 12.0 Å². The first kappa shape index (κ1) is 27.4. The van der Waals surface area contributed by atoms with Crippen LogP contribution in [0.2, 0.25) is 0 Å². The Bertz CT molecular complexity index is 1120. The van der Waals surface area contributed by atoms with Crippen molar-refractivity contribution < 1.29 is 14.1 Å². The van der Waals surface area contributed by atoms with Crippen molar-refractivity contribution in [1.29, 1.82) is 0 Å². The van der Waals surface area contributed by atoms with Crippen LogP contribution in [0.4, 0.5) is 5.69 Å². The van der Waals surface area contributed by atoms with Gasteiger partial charge >= 0.3 is 0 Å².